The zero-order chi connectivity index (χ0) is 30.2. The summed E-state index contributed by atoms with van der Waals surface area (Å²) >= 11 is 0. The summed E-state index contributed by atoms with van der Waals surface area (Å²) < 4.78 is 5.72. The van der Waals surface area contributed by atoms with E-state index in [0.29, 0.717) is 30.1 Å². The molecule has 2 aromatic carbocycles. The highest BCUT2D eigenvalue weighted by molar-refractivity contribution is 6.06. The van der Waals surface area contributed by atoms with Gasteiger partial charge in [-0.2, -0.15) is 0 Å². The third kappa shape index (κ3) is 5.68. The molecule has 1 aliphatic heterocycles. The topological polar surface area (TPSA) is 145 Å². The molecule has 1 saturated heterocycles. The molecule has 3 N–H and O–H groups in total. The molecule has 0 aromatic heterocycles. The van der Waals surface area contributed by atoms with E-state index in [9.17, 15) is 24.0 Å². The number of imide groups is 1. The highest BCUT2D eigenvalue weighted by Gasteiger charge is 2.58. The first kappa shape index (κ1) is 29.1. The normalized spacial score (nSPS) is 20.7. The van der Waals surface area contributed by atoms with E-state index in [1.165, 1.54) is 0 Å². The number of nitrogens with one attached hydrogen (secondary N) is 2. The molecule has 0 radical (unpaired) electrons. The number of carbonyl (C=O) groups is 5. The van der Waals surface area contributed by atoms with Crippen LogP contribution in [0.15, 0.2) is 48.5 Å². The van der Waals surface area contributed by atoms with Crippen LogP contribution in [0.1, 0.15) is 56.7 Å². The Bertz CT molecular complexity index is 1410. The summed E-state index contributed by atoms with van der Waals surface area (Å²) in [5.74, 6) is -1.27. The van der Waals surface area contributed by atoms with Gasteiger partial charge in [-0.1, -0.05) is 50.2 Å². The zero-order valence-corrected chi connectivity index (χ0v) is 24.0. The van der Waals surface area contributed by atoms with Crippen molar-refractivity contribution in [2.45, 2.75) is 70.7 Å². The smallest absolute Gasteiger partial charge is 0.418 e. The Labute approximate surface area is 244 Å². The van der Waals surface area contributed by atoms with Gasteiger partial charge in [0.2, 0.25) is 17.4 Å². The lowest BCUT2D eigenvalue weighted by atomic mass is 9.94. The number of rotatable bonds is 10. The van der Waals surface area contributed by atoms with Gasteiger partial charge in [0.25, 0.3) is 5.91 Å². The van der Waals surface area contributed by atoms with Crippen LogP contribution >= 0.6 is 0 Å². The Morgan fingerprint density at radius 3 is 2.45 bits per heavy atom. The van der Waals surface area contributed by atoms with E-state index in [0.717, 1.165) is 28.9 Å². The lowest BCUT2D eigenvalue weighted by Crippen LogP contribution is -2.47. The number of amides is 5. The fourth-order valence-corrected chi connectivity index (χ4v) is 5.92. The molecule has 3 atom stereocenters. The van der Waals surface area contributed by atoms with Crippen LogP contribution in [0.4, 0.5) is 15.3 Å². The van der Waals surface area contributed by atoms with Crippen LogP contribution in [0.25, 0.3) is 0 Å². The second-order valence-corrected chi connectivity index (χ2v) is 11.7. The van der Waals surface area contributed by atoms with Crippen LogP contribution in [0, 0.1) is 11.8 Å². The number of anilines is 1. The van der Waals surface area contributed by atoms with Gasteiger partial charge >= 0.3 is 12.2 Å². The maximum Gasteiger partial charge on any atom is 0.418 e. The number of carboxylic acid groups (broad SMARTS) is 1. The minimum absolute atomic E-state index is 0.0257. The maximum atomic E-state index is 13.7. The van der Waals surface area contributed by atoms with Crippen molar-refractivity contribution in [3.63, 3.8) is 0 Å². The Hall–Kier alpha value is -4.41. The molecule has 11 nitrogen and oxygen atoms in total. The number of hydrogen-bond acceptors (Lipinski definition) is 6. The lowest BCUT2D eigenvalue weighted by molar-refractivity contribution is -0.143. The van der Waals surface area contributed by atoms with Crippen LogP contribution in [-0.4, -0.2) is 63.4 Å². The average molecular weight is 577 g/mol. The summed E-state index contributed by atoms with van der Waals surface area (Å²) in [6.07, 6.45) is 0.573. The van der Waals surface area contributed by atoms with Crippen molar-refractivity contribution in [1.82, 2.24) is 15.1 Å². The van der Waals surface area contributed by atoms with E-state index >= 15 is 0 Å². The van der Waals surface area contributed by atoms with Crippen molar-refractivity contribution in [1.29, 1.82) is 0 Å². The SMILES string of the molecule is CC(C)[C@H](NC(=O)O)C(=O)Nc1ccc2c(c1)CCC21OC(=O)N(CC(=O)N(Cc2ccccc2)[C@@H](C)C2CC2)C1=O. The molecule has 42 heavy (non-hydrogen) atoms. The van der Waals surface area contributed by atoms with Crippen molar-refractivity contribution < 1.29 is 33.8 Å². The standard InChI is InChI=1S/C31H36N4O7/c1-18(2)26(33-29(39)40)27(37)32-23-11-12-24-22(15-23)13-14-31(24)28(38)35(30(41)42-31)17-25(36)34(19(3)21-9-10-21)16-20-7-5-4-6-8-20/h4-8,11-12,15,18-19,21,26,33H,9-10,13-14,16-17H2,1-3H3,(H,32,37)(H,39,40)/t19-,26-,31?/m0/s1. The molecule has 222 valence electrons. The Balaban J connectivity index is 1.31. The summed E-state index contributed by atoms with van der Waals surface area (Å²) in [6.45, 7) is 5.46. The monoisotopic (exact) mass is 576 g/mol. The molecule has 1 spiro atoms. The average Bonchev–Trinajstić information content (AvgIpc) is 3.70. The largest absolute Gasteiger partial charge is 0.465 e. The molecule has 2 aromatic rings. The lowest BCUT2D eigenvalue weighted by Gasteiger charge is -2.30. The minimum atomic E-state index is -1.52. The van der Waals surface area contributed by atoms with Crippen molar-refractivity contribution in [3.05, 3.63) is 65.2 Å². The molecular weight excluding hydrogens is 540 g/mol. The van der Waals surface area contributed by atoms with Crippen molar-refractivity contribution in [2.24, 2.45) is 11.8 Å². The first-order chi connectivity index (χ1) is 20.0. The van der Waals surface area contributed by atoms with Gasteiger partial charge in [0.05, 0.1) is 0 Å². The number of benzene rings is 2. The Kier molecular flexibility index (Phi) is 7.94. The highest BCUT2D eigenvalue weighted by atomic mass is 16.6. The molecule has 1 unspecified atom stereocenters. The zero-order valence-electron chi connectivity index (χ0n) is 24.0. The van der Waals surface area contributed by atoms with Gasteiger partial charge < -0.3 is 25.4 Å². The van der Waals surface area contributed by atoms with Crippen LogP contribution < -0.4 is 10.6 Å². The van der Waals surface area contributed by atoms with E-state index in [1.54, 1.807) is 36.9 Å². The Morgan fingerprint density at radius 2 is 1.81 bits per heavy atom. The van der Waals surface area contributed by atoms with Crippen LogP contribution in [0.2, 0.25) is 0 Å². The van der Waals surface area contributed by atoms with Crippen molar-refractivity contribution in [2.75, 3.05) is 11.9 Å². The van der Waals surface area contributed by atoms with E-state index in [1.807, 2.05) is 37.3 Å². The van der Waals surface area contributed by atoms with Crippen molar-refractivity contribution in [3.8, 4) is 0 Å². The van der Waals surface area contributed by atoms with Gasteiger partial charge in [-0.05, 0) is 61.3 Å². The Morgan fingerprint density at radius 1 is 1.10 bits per heavy atom. The van der Waals surface area contributed by atoms with Gasteiger partial charge in [0, 0.05) is 30.3 Å². The van der Waals surface area contributed by atoms with Crippen LogP contribution in [0.5, 0.6) is 0 Å². The third-order valence-corrected chi connectivity index (χ3v) is 8.46. The summed E-state index contributed by atoms with van der Waals surface area (Å²) in [4.78, 5) is 66.9. The number of hydrogen-bond donors (Lipinski definition) is 3. The van der Waals surface area contributed by atoms with Gasteiger partial charge in [0.15, 0.2) is 0 Å². The van der Waals surface area contributed by atoms with Gasteiger partial charge in [-0.15, -0.1) is 0 Å². The number of aryl methyl sites for hydroxylation is 1. The summed E-state index contributed by atoms with van der Waals surface area (Å²) in [5, 5.41) is 14.0. The maximum absolute atomic E-state index is 13.7. The number of ether oxygens (including phenoxy) is 1. The molecule has 1 saturated carbocycles. The summed E-state index contributed by atoms with van der Waals surface area (Å²) in [6, 6.07) is 13.6. The molecule has 5 amide bonds. The van der Waals surface area contributed by atoms with Crippen LogP contribution in [0.3, 0.4) is 0 Å². The molecule has 2 aliphatic carbocycles. The predicted molar refractivity (Wildman–Crippen MR) is 152 cm³/mol. The summed E-state index contributed by atoms with van der Waals surface area (Å²) in [7, 11) is 0. The van der Waals surface area contributed by atoms with Crippen LogP contribution in [-0.2, 0) is 37.7 Å². The fraction of sp³-hybridized carbons (Fsp3) is 0.452. The molecular formula is C31H36N4O7. The number of carbonyl (C=O) groups excluding carboxylic acids is 4. The van der Waals surface area contributed by atoms with E-state index in [4.69, 9.17) is 9.84 Å². The first-order valence-electron chi connectivity index (χ1n) is 14.3. The second kappa shape index (κ2) is 11.5. The molecule has 5 rings (SSSR count). The molecule has 0 bridgehead atoms. The van der Waals surface area contributed by atoms with E-state index < -0.39 is 42.2 Å². The highest BCUT2D eigenvalue weighted by Crippen LogP contribution is 2.46. The third-order valence-electron chi connectivity index (χ3n) is 8.46. The first-order valence-corrected chi connectivity index (χ1v) is 14.3. The van der Waals surface area contributed by atoms with Crippen molar-refractivity contribution >= 4 is 35.6 Å². The summed E-state index contributed by atoms with van der Waals surface area (Å²) in [5.41, 5.74) is 1.12. The molecule has 2 fully saturated rings. The quantitative estimate of drug-likeness (QED) is 0.389. The number of nitrogens with zero attached hydrogens (tertiary/aromatic N) is 2. The second-order valence-electron chi connectivity index (χ2n) is 11.7. The van der Waals surface area contributed by atoms with Gasteiger partial charge in [0.1, 0.15) is 12.6 Å². The minimum Gasteiger partial charge on any atom is -0.465 e. The molecule has 11 heteroatoms. The van der Waals surface area contributed by atoms with E-state index in [2.05, 4.69) is 10.6 Å². The predicted octanol–water partition coefficient (Wildman–Crippen LogP) is 3.86. The molecule has 3 aliphatic rings. The fourth-order valence-electron chi connectivity index (χ4n) is 5.92. The number of fused-ring (bicyclic) bond motifs is 2. The molecule has 1 heterocycles. The van der Waals surface area contributed by atoms with Gasteiger partial charge in [-0.3, -0.25) is 14.4 Å². The van der Waals surface area contributed by atoms with Gasteiger partial charge in [-0.25, -0.2) is 14.5 Å². The van der Waals surface area contributed by atoms with E-state index in [-0.39, 0.29) is 24.3 Å².